The Labute approximate surface area is 123 Å². The second-order valence-corrected chi connectivity index (χ2v) is 3.92. The van der Waals surface area contributed by atoms with Gasteiger partial charge < -0.3 is 4.74 Å². The third-order valence-corrected chi connectivity index (χ3v) is 2.24. The van der Waals surface area contributed by atoms with Crippen LogP contribution in [-0.4, -0.2) is 12.4 Å². The number of nitrogens with zero attached hydrogens (tertiary/aromatic N) is 1. The van der Waals surface area contributed by atoms with Crippen LogP contribution in [0.3, 0.4) is 0 Å². The van der Waals surface area contributed by atoms with Crippen LogP contribution in [0.5, 0.6) is 0 Å². The highest BCUT2D eigenvalue weighted by Crippen LogP contribution is 2.05. The van der Waals surface area contributed by atoms with Crippen molar-refractivity contribution in [3.8, 4) is 6.07 Å². The summed E-state index contributed by atoms with van der Waals surface area (Å²) in [5, 5.41) is 8.61. The van der Waals surface area contributed by atoms with Gasteiger partial charge in [0.2, 0.25) is 0 Å². The molecule has 0 bridgehead atoms. The molecule has 0 saturated carbocycles. The van der Waals surface area contributed by atoms with Crippen LogP contribution in [0, 0.1) is 17.2 Å². The van der Waals surface area contributed by atoms with E-state index in [1.54, 1.807) is 12.1 Å². The first-order valence-electron chi connectivity index (χ1n) is 7.23. The van der Waals surface area contributed by atoms with Crippen molar-refractivity contribution in [1.29, 1.82) is 5.26 Å². The van der Waals surface area contributed by atoms with Crippen LogP contribution < -0.4 is 0 Å². The van der Waals surface area contributed by atoms with E-state index in [9.17, 15) is 4.79 Å². The molecule has 3 heteroatoms. The zero-order chi connectivity index (χ0) is 16.0. The van der Waals surface area contributed by atoms with Gasteiger partial charge in [0.05, 0.1) is 18.2 Å². The zero-order valence-corrected chi connectivity index (χ0v) is 13.6. The maximum Gasteiger partial charge on any atom is 0.160 e. The van der Waals surface area contributed by atoms with E-state index < -0.39 is 0 Å². The lowest BCUT2D eigenvalue weighted by molar-refractivity contribution is -0.126. The summed E-state index contributed by atoms with van der Waals surface area (Å²) in [7, 11) is 0. The fourth-order valence-corrected chi connectivity index (χ4v) is 1.11. The smallest absolute Gasteiger partial charge is 0.160 e. The fourth-order valence-electron chi connectivity index (χ4n) is 1.11. The summed E-state index contributed by atoms with van der Waals surface area (Å²) >= 11 is 0. The molecule has 0 fully saturated rings. The summed E-state index contributed by atoms with van der Waals surface area (Å²) in [6.07, 6.45) is 0. The summed E-state index contributed by atoms with van der Waals surface area (Å²) in [5.41, 5.74) is 1.59. The van der Waals surface area contributed by atoms with Gasteiger partial charge in [-0.15, -0.1) is 0 Å². The van der Waals surface area contributed by atoms with Crippen LogP contribution in [0.1, 0.15) is 52.7 Å². The number of hydrogen-bond acceptors (Lipinski definition) is 3. The van der Waals surface area contributed by atoms with Gasteiger partial charge in [0, 0.05) is 5.92 Å². The maximum absolute atomic E-state index is 11.3. The molecule has 0 unspecified atom stereocenters. The number of ether oxygens (including phenoxy) is 1. The molecule has 0 aromatic heterocycles. The number of carbonyl (C=O) groups excluding carboxylic acids is 1. The van der Waals surface area contributed by atoms with Crippen LogP contribution >= 0.6 is 0 Å². The standard InChI is InChI=1S/C13H15NO2.2C2H6/c1-10(2)13(15)9-16-8-12-5-3-11(7-14)4-6-12;2*1-2/h3-6,10H,8-9H2,1-2H3;2*1-2H3. The van der Waals surface area contributed by atoms with Crippen molar-refractivity contribution in [2.45, 2.75) is 48.1 Å². The number of hydrogen-bond donors (Lipinski definition) is 0. The van der Waals surface area contributed by atoms with Crippen molar-refractivity contribution in [2.75, 3.05) is 6.61 Å². The Morgan fingerprint density at radius 1 is 1.15 bits per heavy atom. The van der Waals surface area contributed by atoms with E-state index >= 15 is 0 Å². The second kappa shape index (κ2) is 13.8. The average Bonchev–Trinajstić information content (AvgIpc) is 2.51. The number of rotatable bonds is 5. The van der Waals surface area contributed by atoms with Gasteiger partial charge in [-0.25, -0.2) is 0 Å². The van der Waals surface area contributed by atoms with E-state index in [1.807, 2.05) is 59.7 Å². The van der Waals surface area contributed by atoms with E-state index in [0.29, 0.717) is 12.2 Å². The molecule has 1 rings (SSSR count). The molecule has 0 aliphatic rings. The summed E-state index contributed by atoms with van der Waals surface area (Å²) in [6, 6.07) is 9.19. The summed E-state index contributed by atoms with van der Waals surface area (Å²) < 4.78 is 5.28. The van der Waals surface area contributed by atoms with Gasteiger partial charge in [-0.05, 0) is 17.7 Å². The highest BCUT2D eigenvalue weighted by atomic mass is 16.5. The molecule has 0 amide bonds. The minimum Gasteiger partial charge on any atom is -0.369 e. The number of ketones is 1. The van der Waals surface area contributed by atoms with Crippen molar-refractivity contribution in [2.24, 2.45) is 5.92 Å². The third-order valence-electron chi connectivity index (χ3n) is 2.24. The lowest BCUT2D eigenvalue weighted by Gasteiger charge is -2.05. The van der Waals surface area contributed by atoms with Crippen molar-refractivity contribution in [1.82, 2.24) is 0 Å². The van der Waals surface area contributed by atoms with E-state index in [-0.39, 0.29) is 18.3 Å². The third kappa shape index (κ3) is 9.29. The van der Waals surface area contributed by atoms with Gasteiger partial charge >= 0.3 is 0 Å². The van der Waals surface area contributed by atoms with Crippen LogP contribution in [0.2, 0.25) is 0 Å². The summed E-state index contributed by atoms with van der Waals surface area (Å²) in [4.78, 5) is 11.3. The monoisotopic (exact) mass is 277 g/mol. The quantitative estimate of drug-likeness (QED) is 0.803. The zero-order valence-electron chi connectivity index (χ0n) is 13.6. The predicted molar refractivity (Wildman–Crippen MR) is 83.4 cm³/mol. The minimum atomic E-state index is 0.0148. The van der Waals surface area contributed by atoms with E-state index in [2.05, 4.69) is 0 Å². The van der Waals surface area contributed by atoms with E-state index in [0.717, 1.165) is 5.56 Å². The Morgan fingerprint density at radius 3 is 2.05 bits per heavy atom. The largest absolute Gasteiger partial charge is 0.369 e. The van der Waals surface area contributed by atoms with Crippen molar-refractivity contribution >= 4 is 5.78 Å². The van der Waals surface area contributed by atoms with Crippen LogP contribution in [-0.2, 0) is 16.1 Å². The molecular formula is C17H27NO2. The molecule has 0 heterocycles. The van der Waals surface area contributed by atoms with Crippen molar-refractivity contribution < 1.29 is 9.53 Å². The molecule has 0 radical (unpaired) electrons. The Bertz CT molecular complexity index is 388. The van der Waals surface area contributed by atoms with Gasteiger partial charge in [0.1, 0.15) is 6.61 Å². The molecule has 0 atom stereocenters. The normalized spacial score (nSPS) is 8.70. The highest BCUT2D eigenvalue weighted by Gasteiger charge is 2.06. The average molecular weight is 277 g/mol. The summed E-state index contributed by atoms with van der Waals surface area (Å²) in [6.45, 7) is 12.3. The van der Waals surface area contributed by atoms with Crippen molar-refractivity contribution in [3.63, 3.8) is 0 Å². The number of Topliss-reactive ketones (excluding diaryl/α,β-unsaturated/α-hetero) is 1. The lowest BCUT2D eigenvalue weighted by Crippen LogP contribution is -2.14. The lowest BCUT2D eigenvalue weighted by atomic mass is 10.1. The van der Waals surface area contributed by atoms with Crippen LogP contribution in [0.4, 0.5) is 0 Å². The van der Waals surface area contributed by atoms with Crippen molar-refractivity contribution in [3.05, 3.63) is 35.4 Å². The molecule has 1 aromatic rings. The van der Waals surface area contributed by atoms with E-state index in [4.69, 9.17) is 10.00 Å². The first-order valence-corrected chi connectivity index (χ1v) is 7.23. The Hall–Kier alpha value is -1.66. The SMILES string of the molecule is CC.CC.CC(C)C(=O)COCc1ccc(C#N)cc1. The number of benzene rings is 1. The Morgan fingerprint density at radius 2 is 1.65 bits per heavy atom. The molecule has 0 aliphatic carbocycles. The number of nitriles is 1. The molecule has 112 valence electrons. The molecular weight excluding hydrogens is 250 g/mol. The van der Waals surface area contributed by atoms with Gasteiger partial charge in [-0.3, -0.25) is 4.79 Å². The molecule has 0 saturated heterocycles. The van der Waals surface area contributed by atoms with Crippen LogP contribution in [0.15, 0.2) is 24.3 Å². The topological polar surface area (TPSA) is 50.1 Å². The van der Waals surface area contributed by atoms with Gasteiger partial charge in [0.15, 0.2) is 5.78 Å². The second-order valence-electron chi connectivity index (χ2n) is 3.92. The molecule has 0 spiro atoms. The first-order chi connectivity index (χ1) is 9.63. The predicted octanol–water partition coefficient (Wildman–Crippen LogP) is 4.35. The van der Waals surface area contributed by atoms with Gasteiger partial charge in [0.25, 0.3) is 0 Å². The Balaban J connectivity index is 0. The van der Waals surface area contributed by atoms with E-state index in [1.165, 1.54) is 0 Å². The molecule has 1 aromatic carbocycles. The molecule has 0 N–H and O–H groups in total. The fraction of sp³-hybridized carbons (Fsp3) is 0.529. The minimum absolute atomic E-state index is 0.0148. The summed E-state index contributed by atoms with van der Waals surface area (Å²) in [5.74, 6) is 0.120. The highest BCUT2D eigenvalue weighted by molar-refractivity contribution is 5.81. The van der Waals surface area contributed by atoms with Crippen LogP contribution in [0.25, 0.3) is 0 Å². The molecule has 0 aliphatic heterocycles. The van der Waals surface area contributed by atoms with Gasteiger partial charge in [-0.2, -0.15) is 5.26 Å². The maximum atomic E-state index is 11.3. The first kappa shape index (κ1) is 20.7. The molecule has 3 nitrogen and oxygen atoms in total. The van der Waals surface area contributed by atoms with Gasteiger partial charge in [-0.1, -0.05) is 53.7 Å². The Kier molecular flexibility index (Phi) is 14.2. The molecule has 20 heavy (non-hydrogen) atoms. The number of carbonyl (C=O) groups is 1.